The normalized spacial score (nSPS) is 10.5. The maximum Gasteiger partial charge on any atom is 0.193 e. The van der Waals surface area contributed by atoms with Crippen LogP contribution in [0.25, 0.3) is 0 Å². The number of carbonyl (C=O) groups is 1. The smallest absolute Gasteiger partial charge is 0.193 e. The molecule has 21 heavy (non-hydrogen) atoms. The lowest BCUT2D eigenvalue weighted by Gasteiger charge is -2.09. The lowest BCUT2D eigenvalue weighted by molar-refractivity contribution is 0.103. The van der Waals surface area contributed by atoms with E-state index < -0.39 is 5.82 Å². The van der Waals surface area contributed by atoms with Crippen LogP contribution in [0.2, 0.25) is 5.02 Å². The zero-order valence-electron chi connectivity index (χ0n) is 11.3. The number of ketones is 1. The maximum absolute atomic E-state index is 13.4. The Hall–Kier alpha value is -1.39. The van der Waals surface area contributed by atoms with E-state index in [1.807, 2.05) is 6.92 Å². The average molecular weight is 372 g/mol. The van der Waals surface area contributed by atoms with Crippen molar-refractivity contribution in [2.24, 2.45) is 0 Å². The Bertz CT molecular complexity index is 673. The van der Waals surface area contributed by atoms with Crippen molar-refractivity contribution >= 4 is 33.3 Å². The van der Waals surface area contributed by atoms with E-state index in [-0.39, 0.29) is 16.4 Å². The highest BCUT2D eigenvalue weighted by Gasteiger charge is 2.13. The molecule has 0 heterocycles. The molecule has 110 valence electrons. The minimum atomic E-state index is -0.607. The highest BCUT2D eigenvalue weighted by molar-refractivity contribution is 9.10. The molecule has 0 saturated carbocycles. The predicted molar refractivity (Wildman–Crippen MR) is 84.8 cm³/mol. The summed E-state index contributed by atoms with van der Waals surface area (Å²) in [5.41, 5.74) is 0.707. The molecule has 5 heteroatoms. The van der Waals surface area contributed by atoms with Gasteiger partial charge in [-0.15, -0.1) is 0 Å². The van der Waals surface area contributed by atoms with Crippen LogP contribution < -0.4 is 4.74 Å². The fourth-order valence-electron chi connectivity index (χ4n) is 1.78. The summed E-state index contributed by atoms with van der Waals surface area (Å²) in [5, 5.41) is -0.00366. The predicted octanol–water partition coefficient (Wildman–Crippen LogP) is 5.26. The minimum absolute atomic E-state index is 0.00366. The summed E-state index contributed by atoms with van der Waals surface area (Å²) < 4.78 is 19.6. The zero-order valence-corrected chi connectivity index (χ0v) is 13.7. The summed E-state index contributed by atoms with van der Waals surface area (Å²) in [5.74, 6) is -0.200. The monoisotopic (exact) mass is 370 g/mol. The van der Waals surface area contributed by atoms with Crippen LogP contribution >= 0.6 is 27.5 Å². The molecule has 0 fully saturated rings. The van der Waals surface area contributed by atoms with Crippen molar-refractivity contribution in [3.63, 3.8) is 0 Å². The number of halogens is 3. The number of hydrogen-bond acceptors (Lipinski definition) is 2. The van der Waals surface area contributed by atoms with Crippen LogP contribution in [0.15, 0.2) is 40.9 Å². The largest absolute Gasteiger partial charge is 0.492 e. The number of hydrogen-bond donors (Lipinski definition) is 0. The van der Waals surface area contributed by atoms with Crippen LogP contribution in [0.3, 0.4) is 0 Å². The molecule has 2 aromatic rings. The van der Waals surface area contributed by atoms with Crippen molar-refractivity contribution in [2.75, 3.05) is 6.61 Å². The van der Waals surface area contributed by atoms with Gasteiger partial charge >= 0.3 is 0 Å². The van der Waals surface area contributed by atoms with Gasteiger partial charge in [-0.05, 0) is 58.7 Å². The first-order valence-corrected chi connectivity index (χ1v) is 7.62. The Morgan fingerprint density at radius 1 is 1.24 bits per heavy atom. The van der Waals surface area contributed by atoms with Gasteiger partial charge in [0.2, 0.25) is 0 Å². The molecule has 2 rings (SSSR count). The standard InChI is InChI=1S/C16H13BrClFO2/c1-2-7-21-15-6-4-10(8-12(15)17)16(20)11-3-5-13(18)14(19)9-11/h3-6,8-9H,2,7H2,1H3. The van der Waals surface area contributed by atoms with Crippen LogP contribution in [-0.4, -0.2) is 12.4 Å². The van der Waals surface area contributed by atoms with Gasteiger partial charge in [-0.3, -0.25) is 4.79 Å². The number of rotatable bonds is 5. The third-order valence-electron chi connectivity index (χ3n) is 2.84. The molecule has 2 aromatic carbocycles. The van der Waals surface area contributed by atoms with Gasteiger partial charge in [0.15, 0.2) is 5.78 Å². The first kappa shape index (κ1) is 16.0. The molecule has 0 spiro atoms. The van der Waals surface area contributed by atoms with Crippen LogP contribution in [0.1, 0.15) is 29.3 Å². The summed E-state index contributed by atoms with van der Waals surface area (Å²) in [4.78, 5) is 12.3. The summed E-state index contributed by atoms with van der Waals surface area (Å²) in [6.07, 6.45) is 0.900. The van der Waals surface area contributed by atoms with E-state index in [1.54, 1.807) is 18.2 Å². The molecule has 0 aliphatic rings. The van der Waals surface area contributed by atoms with Crippen molar-refractivity contribution in [1.82, 2.24) is 0 Å². The molecule has 0 atom stereocenters. The van der Waals surface area contributed by atoms with Crippen LogP contribution in [0, 0.1) is 5.82 Å². The van der Waals surface area contributed by atoms with Gasteiger partial charge in [0.1, 0.15) is 11.6 Å². The first-order valence-electron chi connectivity index (χ1n) is 6.45. The molecule has 0 bridgehead atoms. The van der Waals surface area contributed by atoms with E-state index in [0.717, 1.165) is 12.5 Å². The fourth-order valence-corrected chi connectivity index (χ4v) is 2.39. The minimum Gasteiger partial charge on any atom is -0.492 e. The van der Waals surface area contributed by atoms with Gasteiger partial charge < -0.3 is 4.74 Å². The summed E-state index contributed by atoms with van der Waals surface area (Å²) in [6.45, 7) is 2.62. The molecule has 0 N–H and O–H groups in total. The molecule has 0 aliphatic heterocycles. The van der Waals surface area contributed by atoms with E-state index in [2.05, 4.69) is 15.9 Å². The van der Waals surface area contributed by atoms with Gasteiger partial charge in [-0.1, -0.05) is 18.5 Å². The summed E-state index contributed by atoms with van der Waals surface area (Å²) in [6, 6.07) is 9.06. The number of carbonyl (C=O) groups excluding carboxylic acids is 1. The van der Waals surface area contributed by atoms with Crippen LogP contribution in [0.4, 0.5) is 4.39 Å². The van der Waals surface area contributed by atoms with Crippen LogP contribution in [0.5, 0.6) is 5.75 Å². The molecule has 2 nitrogen and oxygen atoms in total. The quantitative estimate of drug-likeness (QED) is 0.670. The maximum atomic E-state index is 13.4. The van der Waals surface area contributed by atoms with Crippen molar-refractivity contribution in [3.8, 4) is 5.75 Å². The second-order valence-electron chi connectivity index (χ2n) is 4.45. The Morgan fingerprint density at radius 2 is 1.90 bits per heavy atom. The third kappa shape index (κ3) is 3.83. The van der Waals surface area contributed by atoms with Crippen molar-refractivity contribution in [2.45, 2.75) is 13.3 Å². The molecule has 0 saturated heterocycles. The van der Waals surface area contributed by atoms with Gasteiger partial charge in [-0.2, -0.15) is 0 Å². The fraction of sp³-hybridized carbons (Fsp3) is 0.188. The van der Waals surface area contributed by atoms with E-state index >= 15 is 0 Å². The third-order valence-corrected chi connectivity index (χ3v) is 3.76. The highest BCUT2D eigenvalue weighted by atomic mass is 79.9. The number of benzene rings is 2. The second-order valence-corrected chi connectivity index (χ2v) is 5.71. The number of ether oxygens (including phenoxy) is 1. The van der Waals surface area contributed by atoms with Gasteiger partial charge in [0.05, 0.1) is 16.1 Å². The van der Waals surface area contributed by atoms with Gasteiger partial charge in [0, 0.05) is 11.1 Å². The Balaban J connectivity index is 2.27. The Labute approximate surface area is 136 Å². The van der Waals surface area contributed by atoms with Crippen molar-refractivity contribution in [3.05, 3.63) is 62.8 Å². The van der Waals surface area contributed by atoms with E-state index in [0.29, 0.717) is 22.4 Å². The lowest BCUT2D eigenvalue weighted by Crippen LogP contribution is -2.03. The molecular formula is C16H13BrClFO2. The molecule has 0 aromatic heterocycles. The molecule has 0 aliphatic carbocycles. The Kier molecular flexibility index (Phi) is 5.37. The van der Waals surface area contributed by atoms with Crippen LogP contribution in [-0.2, 0) is 0 Å². The highest BCUT2D eigenvalue weighted by Crippen LogP contribution is 2.27. The SMILES string of the molecule is CCCOc1ccc(C(=O)c2ccc(Cl)c(F)c2)cc1Br. The average Bonchev–Trinajstić information content (AvgIpc) is 2.48. The van der Waals surface area contributed by atoms with Gasteiger partial charge in [0.25, 0.3) is 0 Å². The molecule has 0 unspecified atom stereocenters. The first-order chi connectivity index (χ1) is 10.0. The van der Waals surface area contributed by atoms with Crippen molar-refractivity contribution < 1.29 is 13.9 Å². The second kappa shape index (κ2) is 7.05. The molecule has 0 amide bonds. The summed E-state index contributed by atoms with van der Waals surface area (Å²) in [7, 11) is 0. The lowest BCUT2D eigenvalue weighted by atomic mass is 10.0. The van der Waals surface area contributed by atoms with E-state index in [4.69, 9.17) is 16.3 Å². The van der Waals surface area contributed by atoms with Crippen molar-refractivity contribution in [1.29, 1.82) is 0 Å². The molecule has 0 radical (unpaired) electrons. The molecular weight excluding hydrogens is 359 g/mol. The summed E-state index contributed by atoms with van der Waals surface area (Å²) >= 11 is 8.99. The van der Waals surface area contributed by atoms with E-state index in [1.165, 1.54) is 12.1 Å². The topological polar surface area (TPSA) is 26.3 Å². The van der Waals surface area contributed by atoms with E-state index in [9.17, 15) is 9.18 Å². The van der Waals surface area contributed by atoms with Gasteiger partial charge in [-0.25, -0.2) is 4.39 Å². The zero-order chi connectivity index (χ0) is 15.4. The Morgan fingerprint density at radius 3 is 2.52 bits per heavy atom.